The molecular formula is C14H19NO2. The second-order valence-corrected chi connectivity index (χ2v) is 5.08. The summed E-state index contributed by atoms with van der Waals surface area (Å²) in [6.07, 6.45) is 7.19. The molecule has 0 saturated heterocycles. The zero-order valence-electron chi connectivity index (χ0n) is 10.2. The topological polar surface area (TPSA) is 57.2 Å². The van der Waals surface area contributed by atoms with Gasteiger partial charge in [-0.05, 0) is 37.7 Å². The SMILES string of the molecule is CCC1CCC(C#N)(C(O)c2ccoc2)CC1. The van der Waals surface area contributed by atoms with Crippen molar-refractivity contribution in [2.75, 3.05) is 0 Å². The second-order valence-electron chi connectivity index (χ2n) is 5.08. The minimum atomic E-state index is -0.718. The van der Waals surface area contributed by atoms with E-state index in [1.54, 1.807) is 12.3 Å². The first kappa shape index (κ1) is 12.2. The molecule has 3 nitrogen and oxygen atoms in total. The maximum atomic E-state index is 10.4. The number of hydrogen-bond donors (Lipinski definition) is 1. The number of aliphatic hydroxyl groups excluding tert-OH is 1. The third-order valence-electron chi connectivity index (χ3n) is 4.18. The Morgan fingerprint density at radius 3 is 2.76 bits per heavy atom. The Kier molecular flexibility index (Phi) is 3.54. The average Bonchev–Trinajstić information content (AvgIpc) is 2.92. The summed E-state index contributed by atoms with van der Waals surface area (Å²) >= 11 is 0. The molecule has 1 unspecified atom stereocenters. The van der Waals surface area contributed by atoms with E-state index in [9.17, 15) is 10.4 Å². The van der Waals surface area contributed by atoms with Crippen molar-refractivity contribution < 1.29 is 9.52 Å². The number of furan rings is 1. The van der Waals surface area contributed by atoms with Gasteiger partial charge in [0.1, 0.15) is 6.10 Å². The Morgan fingerprint density at radius 1 is 1.59 bits per heavy atom. The molecule has 2 rings (SSSR count). The normalized spacial score (nSPS) is 30.8. The van der Waals surface area contributed by atoms with Gasteiger partial charge in [0, 0.05) is 5.56 Å². The van der Waals surface area contributed by atoms with Crippen LogP contribution < -0.4 is 0 Å². The standard InChI is InChI=1S/C14H19NO2/c1-2-11-3-6-14(10-15,7-4-11)13(16)12-5-8-17-9-12/h5,8-9,11,13,16H,2-4,6-7H2,1H3. The fourth-order valence-electron chi connectivity index (χ4n) is 2.80. The van der Waals surface area contributed by atoms with Crippen LogP contribution in [0.5, 0.6) is 0 Å². The summed E-state index contributed by atoms with van der Waals surface area (Å²) in [6.45, 7) is 2.19. The first-order valence-electron chi connectivity index (χ1n) is 6.33. The lowest BCUT2D eigenvalue weighted by Gasteiger charge is -2.37. The Balaban J connectivity index is 2.14. The molecule has 1 heterocycles. The van der Waals surface area contributed by atoms with Crippen LogP contribution in [0.1, 0.15) is 50.7 Å². The molecule has 1 atom stereocenters. The molecule has 17 heavy (non-hydrogen) atoms. The molecule has 1 aromatic heterocycles. The van der Waals surface area contributed by atoms with E-state index in [0.29, 0.717) is 5.92 Å². The summed E-state index contributed by atoms with van der Waals surface area (Å²) in [5.74, 6) is 0.716. The maximum Gasteiger partial charge on any atom is 0.101 e. The van der Waals surface area contributed by atoms with Gasteiger partial charge in [-0.25, -0.2) is 0 Å². The van der Waals surface area contributed by atoms with Gasteiger partial charge in [-0.15, -0.1) is 0 Å². The first-order chi connectivity index (χ1) is 8.22. The summed E-state index contributed by atoms with van der Waals surface area (Å²) in [4.78, 5) is 0. The minimum absolute atomic E-state index is 0.616. The van der Waals surface area contributed by atoms with E-state index in [2.05, 4.69) is 13.0 Å². The number of nitriles is 1. The smallest absolute Gasteiger partial charge is 0.101 e. The van der Waals surface area contributed by atoms with Crippen LogP contribution in [0.4, 0.5) is 0 Å². The first-order valence-corrected chi connectivity index (χ1v) is 6.33. The molecule has 1 fully saturated rings. The van der Waals surface area contributed by atoms with E-state index in [1.807, 2.05) is 0 Å². The molecule has 1 aliphatic rings. The molecule has 3 heteroatoms. The van der Waals surface area contributed by atoms with Crippen molar-refractivity contribution in [3.8, 4) is 6.07 Å². The second kappa shape index (κ2) is 4.93. The van der Waals surface area contributed by atoms with Crippen molar-refractivity contribution in [2.45, 2.75) is 45.1 Å². The number of nitrogens with zero attached hydrogens (tertiary/aromatic N) is 1. The quantitative estimate of drug-likeness (QED) is 0.870. The van der Waals surface area contributed by atoms with Crippen molar-refractivity contribution in [2.24, 2.45) is 11.3 Å². The van der Waals surface area contributed by atoms with Gasteiger partial charge < -0.3 is 9.52 Å². The lowest BCUT2D eigenvalue weighted by atomic mass is 9.66. The third kappa shape index (κ3) is 2.23. The summed E-state index contributed by atoms with van der Waals surface area (Å²) in [5, 5.41) is 19.8. The summed E-state index contributed by atoms with van der Waals surface area (Å²) in [7, 11) is 0. The van der Waals surface area contributed by atoms with E-state index in [0.717, 1.165) is 31.2 Å². The molecule has 1 N–H and O–H groups in total. The molecule has 92 valence electrons. The van der Waals surface area contributed by atoms with Gasteiger partial charge in [-0.2, -0.15) is 5.26 Å². The molecule has 0 aliphatic heterocycles. The van der Waals surface area contributed by atoms with Gasteiger partial charge in [0.05, 0.1) is 24.0 Å². The molecule has 0 spiro atoms. The summed E-state index contributed by atoms with van der Waals surface area (Å²) < 4.78 is 4.99. The van der Waals surface area contributed by atoms with Crippen molar-refractivity contribution >= 4 is 0 Å². The summed E-state index contributed by atoms with van der Waals surface area (Å²) in [5.41, 5.74) is 0.108. The molecule has 0 aromatic carbocycles. The van der Waals surface area contributed by atoms with E-state index >= 15 is 0 Å². The van der Waals surface area contributed by atoms with E-state index in [1.165, 1.54) is 12.7 Å². The van der Waals surface area contributed by atoms with Gasteiger partial charge in [-0.1, -0.05) is 13.3 Å². The maximum absolute atomic E-state index is 10.4. The van der Waals surface area contributed by atoms with Crippen LogP contribution in [-0.2, 0) is 0 Å². The molecule has 1 saturated carbocycles. The van der Waals surface area contributed by atoms with E-state index in [4.69, 9.17) is 4.42 Å². The largest absolute Gasteiger partial charge is 0.472 e. The van der Waals surface area contributed by atoms with Crippen molar-refractivity contribution in [3.63, 3.8) is 0 Å². The molecule has 1 aromatic rings. The van der Waals surface area contributed by atoms with Crippen LogP contribution in [0, 0.1) is 22.7 Å². The van der Waals surface area contributed by atoms with E-state index < -0.39 is 11.5 Å². The molecule has 0 bridgehead atoms. The Morgan fingerprint density at radius 2 is 2.29 bits per heavy atom. The van der Waals surface area contributed by atoms with Gasteiger partial charge in [0.15, 0.2) is 0 Å². The predicted octanol–water partition coefficient (Wildman–Crippen LogP) is 3.42. The van der Waals surface area contributed by atoms with Crippen molar-refractivity contribution in [1.82, 2.24) is 0 Å². The van der Waals surface area contributed by atoms with Gasteiger partial charge >= 0.3 is 0 Å². The Labute approximate surface area is 102 Å². The Hall–Kier alpha value is -1.27. The van der Waals surface area contributed by atoms with Gasteiger partial charge in [-0.3, -0.25) is 0 Å². The average molecular weight is 233 g/mol. The van der Waals surface area contributed by atoms with E-state index in [-0.39, 0.29) is 0 Å². The predicted molar refractivity (Wildman–Crippen MR) is 64.0 cm³/mol. The van der Waals surface area contributed by atoms with Crippen LogP contribution in [0.25, 0.3) is 0 Å². The van der Waals surface area contributed by atoms with Crippen LogP contribution in [-0.4, -0.2) is 5.11 Å². The third-order valence-corrected chi connectivity index (χ3v) is 4.18. The molecule has 0 radical (unpaired) electrons. The fourth-order valence-corrected chi connectivity index (χ4v) is 2.80. The highest BCUT2D eigenvalue weighted by atomic mass is 16.3. The zero-order valence-corrected chi connectivity index (χ0v) is 10.2. The van der Waals surface area contributed by atoms with Crippen molar-refractivity contribution in [3.05, 3.63) is 24.2 Å². The number of aliphatic hydroxyl groups is 1. The highest BCUT2D eigenvalue weighted by molar-refractivity contribution is 5.19. The zero-order chi connectivity index (χ0) is 12.3. The minimum Gasteiger partial charge on any atom is -0.472 e. The van der Waals surface area contributed by atoms with Crippen LogP contribution >= 0.6 is 0 Å². The number of rotatable bonds is 3. The molecule has 1 aliphatic carbocycles. The lowest BCUT2D eigenvalue weighted by molar-refractivity contribution is 0.0239. The number of hydrogen-bond acceptors (Lipinski definition) is 3. The van der Waals surface area contributed by atoms with Crippen LogP contribution in [0.3, 0.4) is 0 Å². The van der Waals surface area contributed by atoms with Crippen LogP contribution in [0.2, 0.25) is 0 Å². The molecule has 0 amide bonds. The van der Waals surface area contributed by atoms with Gasteiger partial charge in [0.25, 0.3) is 0 Å². The Bertz CT molecular complexity index is 383. The lowest BCUT2D eigenvalue weighted by Crippen LogP contribution is -2.32. The highest BCUT2D eigenvalue weighted by Gasteiger charge is 2.42. The highest BCUT2D eigenvalue weighted by Crippen LogP contribution is 2.47. The summed E-state index contributed by atoms with van der Waals surface area (Å²) in [6, 6.07) is 4.10. The molecular weight excluding hydrogens is 214 g/mol. The van der Waals surface area contributed by atoms with Crippen molar-refractivity contribution in [1.29, 1.82) is 5.26 Å². The monoisotopic (exact) mass is 233 g/mol. The van der Waals surface area contributed by atoms with Crippen LogP contribution in [0.15, 0.2) is 23.0 Å². The fraction of sp³-hybridized carbons (Fsp3) is 0.643. The van der Waals surface area contributed by atoms with Gasteiger partial charge in [0.2, 0.25) is 0 Å².